The van der Waals surface area contributed by atoms with Crippen LogP contribution in [0.4, 0.5) is 5.69 Å². The van der Waals surface area contributed by atoms with E-state index in [9.17, 15) is 9.59 Å². The summed E-state index contributed by atoms with van der Waals surface area (Å²) in [5.41, 5.74) is 6.40. The predicted octanol–water partition coefficient (Wildman–Crippen LogP) is 1.56. The van der Waals surface area contributed by atoms with Gasteiger partial charge >= 0.3 is 0 Å². The second-order valence-electron chi connectivity index (χ2n) is 3.93. The number of hydrogen-bond donors (Lipinski definition) is 2. The van der Waals surface area contributed by atoms with Gasteiger partial charge in [0, 0.05) is 12.4 Å². The summed E-state index contributed by atoms with van der Waals surface area (Å²) in [6.07, 6.45) is 4.69. The second-order valence-corrected chi connectivity index (χ2v) is 4.84. The summed E-state index contributed by atoms with van der Waals surface area (Å²) in [5.74, 6) is -0.965. The number of nitrogens with two attached hydrogens (primary N) is 1. The molecule has 0 atom stereocenters. The molecule has 0 saturated carbocycles. The van der Waals surface area contributed by atoms with E-state index < -0.39 is 5.91 Å². The third kappa shape index (κ3) is 2.71. The number of fused-ring (bicyclic) bond motifs is 1. The van der Waals surface area contributed by atoms with Gasteiger partial charge in [-0.15, -0.1) is 23.7 Å². The van der Waals surface area contributed by atoms with E-state index in [-0.39, 0.29) is 18.3 Å². The minimum Gasteiger partial charge on any atom is -0.365 e. The highest BCUT2D eigenvalue weighted by Gasteiger charge is 2.17. The van der Waals surface area contributed by atoms with Gasteiger partial charge in [0.1, 0.15) is 10.4 Å². The van der Waals surface area contributed by atoms with Gasteiger partial charge < -0.3 is 11.1 Å². The molecule has 3 aromatic heterocycles. The van der Waals surface area contributed by atoms with Gasteiger partial charge in [-0.1, -0.05) is 0 Å². The smallest absolute Gasteiger partial charge is 0.261 e. The first kappa shape index (κ1) is 14.9. The number of anilines is 1. The first-order chi connectivity index (χ1) is 9.66. The van der Waals surface area contributed by atoms with E-state index in [1.165, 1.54) is 22.0 Å². The zero-order chi connectivity index (χ0) is 14.1. The van der Waals surface area contributed by atoms with E-state index >= 15 is 0 Å². The molecule has 0 aliphatic carbocycles. The van der Waals surface area contributed by atoms with Gasteiger partial charge in [-0.05, 0) is 17.5 Å². The molecule has 0 saturated heterocycles. The van der Waals surface area contributed by atoms with E-state index in [1.54, 1.807) is 29.9 Å². The maximum Gasteiger partial charge on any atom is 0.261 e. The number of nitrogens with one attached hydrogen (secondary N) is 1. The van der Waals surface area contributed by atoms with E-state index in [4.69, 9.17) is 5.73 Å². The van der Waals surface area contributed by atoms with Crippen LogP contribution in [0.5, 0.6) is 0 Å². The number of carbonyl (C=O) groups is 2. The molecule has 3 heterocycles. The van der Waals surface area contributed by atoms with Crippen LogP contribution in [0.3, 0.4) is 0 Å². The van der Waals surface area contributed by atoms with E-state index in [1.807, 2.05) is 0 Å². The number of hydrogen-bond acceptors (Lipinski definition) is 5. The highest BCUT2D eigenvalue weighted by atomic mass is 35.5. The molecule has 3 rings (SSSR count). The van der Waals surface area contributed by atoms with Crippen LogP contribution in [0, 0.1) is 0 Å². The van der Waals surface area contributed by atoms with Crippen molar-refractivity contribution in [1.82, 2.24) is 14.6 Å². The number of amides is 2. The lowest BCUT2D eigenvalue weighted by atomic mass is 10.3. The minimum absolute atomic E-state index is 0. The van der Waals surface area contributed by atoms with Crippen molar-refractivity contribution < 1.29 is 9.59 Å². The summed E-state index contributed by atoms with van der Waals surface area (Å²) < 4.78 is 1.50. The van der Waals surface area contributed by atoms with Gasteiger partial charge in [-0.2, -0.15) is 5.10 Å². The van der Waals surface area contributed by atoms with Crippen LogP contribution in [0.25, 0.3) is 5.65 Å². The fraction of sp³-hybridized carbons (Fsp3) is 0. The predicted molar refractivity (Wildman–Crippen MR) is 81.0 cm³/mol. The van der Waals surface area contributed by atoms with Crippen LogP contribution in [0.1, 0.15) is 20.0 Å². The number of primary amides is 1. The standard InChI is InChI=1S/C12H9N5O2S.ClH/c13-10(18)9-8(2-5-20-9)16-12(19)7-6-15-17-4-1-3-14-11(7)17;/h1-6H,(H2,13,18)(H,16,19);1H. The summed E-state index contributed by atoms with van der Waals surface area (Å²) >= 11 is 1.17. The summed E-state index contributed by atoms with van der Waals surface area (Å²) in [6.45, 7) is 0. The topological polar surface area (TPSA) is 102 Å². The number of carbonyl (C=O) groups excluding carboxylic acids is 2. The van der Waals surface area contributed by atoms with E-state index in [0.717, 1.165) is 0 Å². The van der Waals surface area contributed by atoms with Gasteiger partial charge in [-0.25, -0.2) is 9.50 Å². The normalized spacial score (nSPS) is 10.1. The molecule has 3 aromatic rings. The zero-order valence-corrected chi connectivity index (χ0v) is 12.1. The molecular formula is C12H10ClN5O2S. The van der Waals surface area contributed by atoms with Crippen molar-refractivity contribution >= 4 is 46.9 Å². The summed E-state index contributed by atoms with van der Waals surface area (Å²) in [6, 6.07) is 3.34. The maximum absolute atomic E-state index is 12.2. The molecule has 0 aliphatic heterocycles. The fourth-order valence-electron chi connectivity index (χ4n) is 1.78. The maximum atomic E-state index is 12.2. The molecule has 108 valence electrons. The SMILES string of the molecule is Cl.NC(=O)c1sccc1NC(=O)c1cnn2cccnc12. The van der Waals surface area contributed by atoms with Crippen LogP contribution in [0.2, 0.25) is 0 Å². The van der Waals surface area contributed by atoms with E-state index in [0.29, 0.717) is 21.8 Å². The van der Waals surface area contributed by atoms with Crippen LogP contribution in [-0.4, -0.2) is 26.4 Å². The van der Waals surface area contributed by atoms with Crippen molar-refractivity contribution in [3.05, 3.63) is 46.5 Å². The van der Waals surface area contributed by atoms with Crippen LogP contribution in [0.15, 0.2) is 36.1 Å². The second kappa shape index (κ2) is 5.90. The van der Waals surface area contributed by atoms with Crippen LogP contribution >= 0.6 is 23.7 Å². The Bertz CT molecular complexity index is 813. The lowest BCUT2D eigenvalue weighted by molar-refractivity contribution is 0.100. The van der Waals surface area contributed by atoms with Crippen molar-refractivity contribution in [2.45, 2.75) is 0 Å². The molecule has 7 nitrogen and oxygen atoms in total. The number of thiophene rings is 1. The molecule has 0 radical (unpaired) electrons. The van der Waals surface area contributed by atoms with E-state index in [2.05, 4.69) is 15.4 Å². The Morgan fingerprint density at radius 1 is 1.38 bits per heavy atom. The largest absolute Gasteiger partial charge is 0.365 e. The van der Waals surface area contributed by atoms with Gasteiger partial charge in [0.05, 0.1) is 11.9 Å². The Morgan fingerprint density at radius 3 is 2.95 bits per heavy atom. The van der Waals surface area contributed by atoms with Crippen molar-refractivity contribution in [2.75, 3.05) is 5.32 Å². The van der Waals surface area contributed by atoms with Crippen molar-refractivity contribution in [2.24, 2.45) is 5.73 Å². The molecule has 0 unspecified atom stereocenters. The zero-order valence-electron chi connectivity index (χ0n) is 10.5. The molecule has 0 aromatic carbocycles. The van der Waals surface area contributed by atoms with Gasteiger partial charge in [0.15, 0.2) is 5.65 Å². The average molecular weight is 324 g/mol. The first-order valence-electron chi connectivity index (χ1n) is 5.64. The van der Waals surface area contributed by atoms with Gasteiger partial charge in [0.25, 0.3) is 11.8 Å². The molecule has 2 amide bonds. The van der Waals surface area contributed by atoms with Crippen LogP contribution in [-0.2, 0) is 0 Å². The first-order valence-corrected chi connectivity index (χ1v) is 6.52. The molecule has 21 heavy (non-hydrogen) atoms. The monoisotopic (exact) mass is 323 g/mol. The summed E-state index contributed by atoms with van der Waals surface area (Å²) in [7, 11) is 0. The number of rotatable bonds is 3. The van der Waals surface area contributed by atoms with Gasteiger partial charge in [-0.3, -0.25) is 9.59 Å². The third-order valence-electron chi connectivity index (χ3n) is 2.66. The van der Waals surface area contributed by atoms with Crippen LogP contribution < -0.4 is 11.1 Å². The molecule has 0 fully saturated rings. The highest BCUT2D eigenvalue weighted by molar-refractivity contribution is 7.12. The number of aromatic nitrogens is 3. The number of halogens is 1. The molecular weight excluding hydrogens is 314 g/mol. The Balaban J connectivity index is 0.00000161. The average Bonchev–Trinajstić information content (AvgIpc) is 3.04. The lowest BCUT2D eigenvalue weighted by Crippen LogP contribution is -2.16. The summed E-state index contributed by atoms with van der Waals surface area (Å²) in [5, 5.41) is 8.36. The number of nitrogens with zero attached hydrogens (tertiary/aromatic N) is 3. The Hall–Kier alpha value is -2.45. The van der Waals surface area contributed by atoms with Crippen molar-refractivity contribution in [3.63, 3.8) is 0 Å². The molecule has 9 heteroatoms. The Labute approximate surface area is 129 Å². The highest BCUT2D eigenvalue weighted by Crippen LogP contribution is 2.22. The third-order valence-corrected chi connectivity index (χ3v) is 3.59. The molecule has 0 spiro atoms. The summed E-state index contributed by atoms with van der Waals surface area (Å²) in [4.78, 5) is 27.8. The van der Waals surface area contributed by atoms with Crippen molar-refractivity contribution in [1.29, 1.82) is 0 Å². The molecule has 3 N–H and O–H groups in total. The lowest BCUT2D eigenvalue weighted by Gasteiger charge is -2.03. The Morgan fingerprint density at radius 2 is 2.19 bits per heavy atom. The molecule has 0 bridgehead atoms. The quantitative estimate of drug-likeness (QED) is 0.763. The molecule has 0 aliphatic rings. The minimum atomic E-state index is -0.576. The van der Waals surface area contributed by atoms with Gasteiger partial charge in [0.2, 0.25) is 0 Å². The van der Waals surface area contributed by atoms with Crippen molar-refractivity contribution in [3.8, 4) is 0 Å². The Kier molecular flexibility index (Phi) is 4.20. The fourth-order valence-corrected chi connectivity index (χ4v) is 2.48.